The van der Waals surface area contributed by atoms with Gasteiger partial charge in [0.1, 0.15) is 0 Å². The van der Waals surface area contributed by atoms with Crippen LogP contribution in [0.2, 0.25) is 0 Å². The Balaban J connectivity index is 2.09. The molecule has 1 heterocycles. The summed E-state index contributed by atoms with van der Waals surface area (Å²) in [5, 5.41) is 3.53. The Morgan fingerprint density at radius 3 is 2.93 bits per heavy atom. The number of nitrogens with zero attached hydrogens (tertiary/aromatic N) is 1. The lowest BCUT2D eigenvalue weighted by molar-refractivity contribution is 0.398. The van der Waals surface area contributed by atoms with Crippen molar-refractivity contribution in [1.29, 1.82) is 0 Å². The fourth-order valence-corrected chi connectivity index (χ4v) is 1.62. The van der Waals surface area contributed by atoms with Crippen molar-refractivity contribution in [3.63, 3.8) is 0 Å². The normalized spacial score (nSPS) is 17.6. The Hall–Kier alpha value is -1.25. The predicted octanol–water partition coefficient (Wildman–Crippen LogP) is 2.44. The zero-order valence-corrected chi connectivity index (χ0v) is 8.71. The van der Waals surface area contributed by atoms with Crippen LogP contribution in [0, 0.1) is 0 Å². The molecule has 0 radical (unpaired) electrons. The number of methoxy groups -OCH3 is 1. The molecule has 1 aromatic rings. The number of ether oxygens (including phenoxy) is 1. The van der Waals surface area contributed by atoms with Crippen LogP contribution in [0.15, 0.2) is 18.3 Å². The molecule has 1 fully saturated rings. The van der Waals surface area contributed by atoms with Gasteiger partial charge in [-0.2, -0.15) is 0 Å². The minimum Gasteiger partial charge on any atom is -0.481 e. The second-order valence-electron chi connectivity index (χ2n) is 3.85. The first-order valence-corrected chi connectivity index (χ1v) is 5.06. The lowest BCUT2D eigenvalue weighted by Crippen LogP contribution is -2.19. The van der Waals surface area contributed by atoms with Gasteiger partial charge < -0.3 is 10.1 Å². The average Bonchev–Trinajstić information content (AvgIpc) is 2.99. The average molecular weight is 192 g/mol. The second kappa shape index (κ2) is 3.48. The van der Waals surface area contributed by atoms with Crippen molar-refractivity contribution in [1.82, 2.24) is 4.98 Å². The third-order valence-corrected chi connectivity index (χ3v) is 2.88. The first-order chi connectivity index (χ1) is 6.78. The molecular formula is C11H16N2O. The molecule has 3 heteroatoms. The zero-order valence-electron chi connectivity index (χ0n) is 8.71. The maximum atomic E-state index is 5.07. The molecule has 1 saturated carbocycles. The smallest absolute Gasteiger partial charge is 0.214 e. The van der Waals surface area contributed by atoms with Crippen molar-refractivity contribution in [2.75, 3.05) is 12.4 Å². The molecule has 2 rings (SSSR count). The van der Waals surface area contributed by atoms with Gasteiger partial charge in [-0.25, -0.2) is 4.98 Å². The number of aromatic nitrogens is 1. The van der Waals surface area contributed by atoms with Crippen LogP contribution in [0.3, 0.4) is 0 Å². The molecule has 0 atom stereocenters. The summed E-state index contributed by atoms with van der Waals surface area (Å²) in [6.45, 7) is 2.22. The summed E-state index contributed by atoms with van der Waals surface area (Å²) < 4.78 is 5.07. The summed E-state index contributed by atoms with van der Waals surface area (Å²) in [7, 11) is 1.64. The number of nitrogens with one attached hydrogen (secondary N) is 1. The van der Waals surface area contributed by atoms with E-state index in [-0.39, 0.29) is 0 Å². The molecule has 1 N–H and O–H groups in total. The second-order valence-corrected chi connectivity index (χ2v) is 3.85. The largest absolute Gasteiger partial charge is 0.481 e. The van der Waals surface area contributed by atoms with Crippen LogP contribution in [0.4, 0.5) is 5.69 Å². The molecule has 0 bridgehead atoms. The van der Waals surface area contributed by atoms with Gasteiger partial charge in [-0.15, -0.1) is 0 Å². The van der Waals surface area contributed by atoms with E-state index in [9.17, 15) is 0 Å². The van der Waals surface area contributed by atoms with Crippen molar-refractivity contribution < 1.29 is 4.74 Å². The van der Waals surface area contributed by atoms with Gasteiger partial charge in [0.2, 0.25) is 5.88 Å². The van der Waals surface area contributed by atoms with Crippen LogP contribution < -0.4 is 10.1 Å². The molecule has 0 aromatic carbocycles. The molecule has 3 nitrogen and oxygen atoms in total. The van der Waals surface area contributed by atoms with Gasteiger partial charge in [-0.05, 0) is 25.3 Å². The first kappa shape index (κ1) is 9.31. The van der Waals surface area contributed by atoms with E-state index < -0.39 is 0 Å². The van der Waals surface area contributed by atoms with Crippen LogP contribution in [-0.4, -0.2) is 17.6 Å². The summed E-state index contributed by atoms with van der Waals surface area (Å²) in [4.78, 5) is 4.07. The SMILES string of the molecule is CCC1(Nc2ccnc(OC)c2)CC1. The molecule has 1 aliphatic carbocycles. The predicted molar refractivity (Wildman–Crippen MR) is 56.7 cm³/mol. The van der Waals surface area contributed by atoms with Gasteiger partial charge >= 0.3 is 0 Å². The van der Waals surface area contributed by atoms with E-state index in [0.717, 1.165) is 5.69 Å². The van der Waals surface area contributed by atoms with E-state index in [1.165, 1.54) is 19.3 Å². The molecule has 1 aliphatic rings. The molecule has 0 unspecified atom stereocenters. The van der Waals surface area contributed by atoms with Crippen LogP contribution >= 0.6 is 0 Å². The van der Waals surface area contributed by atoms with Gasteiger partial charge in [-0.3, -0.25) is 0 Å². The molecule has 14 heavy (non-hydrogen) atoms. The van der Waals surface area contributed by atoms with Gasteiger partial charge in [0.25, 0.3) is 0 Å². The maximum absolute atomic E-state index is 5.07. The van der Waals surface area contributed by atoms with Crippen molar-refractivity contribution in [2.45, 2.75) is 31.7 Å². The first-order valence-electron chi connectivity index (χ1n) is 5.06. The summed E-state index contributed by atoms with van der Waals surface area (Å²) in [5.41, 5.74) is 1.46. The highest BCUT2D eigenvalue weighted by atomic mass is 16.5. The topological polar surface area (TPSA) is 34.2 Å². The Bertz CT molecular complexity index is 321. The Labute approximate surface area is 84.5 Å². The summed E-state index contributed by atoms with van der Waals surface area (Å²) in [6.07, 6.45) is 5.49. The lowest BCUT2D eigenvalue weighted by Gasteiger charge is -2.16. The fraction of sp³-hybridized carbons (Fsp3) is 0.545. The third kappa shape index (κ3) is 1.81. The summed E-state index contributed by atoms with van der Waals surface area (Å²) >= 11 is 0. The van der Waals surface area contributed by atoms with Crippen molar-refractivity contribution in [3.8, 4) is 5.88 Å². The molecule has 1 aromatic heterocycles. The molecule has 0 amide bonds. The van der Waals surface area contributed by atoms with Gasteiger partial charge in [0, 0.05) is 23.5 Å². The molecular weight excluding hydrogens is 176 g/mol. The van der Waals surface area contributed by atoms with Crippen molar-refractivity contribution in [2.24, 2.45) is 0 Å². The minimum atomic E-state index is 0.354. The number of pyridine rings is 1. The Morgan fingerprint density at radius 1 is 1.57 bits per heavy atom. The van der Waals surface area contributed by atoms with E-state index in [0.29, 0.717) is 11.4 Å². The minimum absolute atomic E-state index is 0.354. The number of hydrogen-bond acceptors (Lipinski definition) is 3. The number of rotatable bonds is 4. The highest BCUT2D eigenvalue weighted by Crippen LogP contribution is 2.41. The number of hydrogen-bond donors (Lipinski definition) is 1. The van der Waals surface area contributed by atoms with Gasteiger partial charge in [0.05, 0.1) is 7.11 Å². The standard InChI is InChI=1S/C11H16N2O/c1-3-11(5-6-11)13-9-4-7-12-10(8-9)14-2/h4,7-8H,3,5-6H2,1-2H3,(H,12,13). The van der Waals surface area contributed by atoms with E-state index >= 15 is 0 Å². The van der Waals surface area contributed by atoms with Crippen LogP contribution in [0.1, 0.15) is 26.2 Å². The van der Waals surface area contributed by atoms with E-state index in [1.54, 1.807) is 13.3 Å². The molecule has 76 valence electrons. The lowest BCUT2D eigenvalue weighted by atomic mass is 10.2. The van der Waals surface area contributed by atoms with Crippen LogP contribution in [0.25, 0.3) is 0 Å². The third-order valence-electron chi connectivity index (χ3n) is 2.88. The quantitative estimate of drug-likeness (QED) is 0.795. The summed E-state index contributed by atoms with van der Waals surface area (Å²) in [5.74, 6) is 0.668. The van der Waals surface area contributed by atoms with Gasteiger partial charge in [0.15, 0.2) is 0 Å². The zero-order chi connectivity index (χ0) is 10.0. The van der Waals surface area contributed by atoms with Gasteiger partial charge in [-0.1, -0.05) is 6.92 Å². The monoisotopic (exact) mass is 192 g/mol. The fourth-order valence-electron chi connectivity index (χ4n) is 1.62. The molecule has 0 saturated heterocycles. The Kier molecular flexibility index (Phi) is 2.32. The highest BCUT2D eigenvalue weighted by Gasteiger charge is 2.40. The summed E-state index contributed by atoms with van der Waals surface area (Å²) in [6, 6.07) is 3.92. The highest BCUT2D eigenvalue weighted by molar-refractivity contribution is 5.48. The molecule has 0 aliphatic heterocycles. The molecule has 0 spiro atoms. The van der Waals surface area contributed by atoms with Crippen molar-refractivity contribution >= 4 is 5.69 Å². The number of anilines is 1. The van der Waals surface area contributed by atoms with Crippen LogP contribution in [-0.2, 0) is 0 Å². The van der Waals surface area contributed by atoms with E-state index in [1.807, 2.05) is 12.1 Å². The van der Waals surface area contributed by atoms with Crippen LogP contribution in [0.5, 0.6) is 5.88 Å². The Morgan fingerprint density at radius 2 is 2.36 bits per heavy atom. The van der Waals surface area contributed by atoms with E-state index in [4.69, 9.17) is 4.74 Å². The van der Waals surface area contributed by atoms with E-state index in [2.05, 4.69) is 17.2 Å². The maximum Gasteiger partial charge on any atom is 0.214 e. The van der Waals surface area contributed by atoms with Crippen molar-refractivity contribution in [3.05, 3.63) is 18.3 Å².